The molecule has 2 atom stereocenters. The molecule has 2 heterocycles. The lowest BCUT2D eigenvalue weighted by Crippen LogP contribution is -2.54. The summed E-state index contributed by atoms with van der Waals surface area (Å²) < 4.78 is 0. The van der Waals surface area contributed by atoms with Gasteiger partial charge in [-0.2, -0.15) is 0 Å². The number of rotatable bonds is 4. The van der Waals surface area contributed by atoms with Crippen LogP contribution in [0.2, 0.25) is 0 Å². The molecule has 96 valence electrons. The molecule has 0 amide bonds. The Kier molecular flexibility index (Phi) is 3.88. The molecule has 2 rings (SSSR count). The molecule has 1 aromatic rings. The minimum absolute atomic E-state index is 0.151. The van der Waals surface area contributed by atoms with Crippen LogP contribution < -0.4 is 5.73 Å². The third-order valence-electron chi connectivity index (χ3n) is 4.19. The van der Waals surface area contributed by atoms with E-state index in [-0.39, 0.29) is 5.54 Å². The van der Waals surface area contributed by atoms with Crippen molar-refractivity contribution in [1.29, 1.82) is 0 Å². The van der Waals surface area contributed by atoms with Gasteiger partial charge in [-0.3, -0.25) is 4.90 Å². The Bertz CT molecular complexity index is 352. The van der Waals surface area contributed by atoms with Crippen LogP contribution in [0.5, 0.6) is 0 Å². The first-order chi connectivity index (χ1) is 8.09. The number of hydrogen-bond acceptors (Lipinski definition) is 4. The number of likely N-dealkylation sites (tertiary alicyclic amines) is 1. The number of nitrogens with zero attached hydrogens (tertiary/aromatic N) is 2. The number of thiophene rings is 1. The topological polar surface area (TPSA) is 32.5 Å². The van der Waals surface area contributed by atoms with Crippen molar-refractivity contribution in [3.63, 3.8) is 0 Å². The zero-order chi connectivity index (χ0) is 12.5. The monoisotopic (exact) mass is 253 g/mol. The molecule has 3 nitrogen and oxygen atoms in total. The molecule has 0 aromatic carbocycles. The molecular weight excluding hydrogens is 230 g/mol. The second-order valence-electron chi connectivity index (χ2n) is 5.22. The second kappa shape index (κ2) is 5.06. The Hall–Kier alpha value is -0.420. The van der Waals surface area contributed by atoms with Gasteiger partial charge >= 0.3 is 0 Å². The van der Waals surface area contributed by atoms with Gasteiger partial charge in [0.25, 0.3) is 0 Å². The molecule has 2 N–H and O–H groups in total. The summed E-state index contributed by atoms with van der Waals surface area (Å²) >= 11 is 1.83. The van der Waals surface area contributed by atoms with Crippen LogP contribution in [-0.4, -0.2) is 49.1 Å². The second-order valence-corrected chi connectivity index (χ2v) is 6.20. The first-order valence-corrected chi connectivity index (χ1v) is 7.12. The zero-order valence-electron chi connectivity index (χ0n) is 11.0. The molecule has 1 aliphatic heterocycles. The van der Waals surface area contributed by atoms with E-state index in [1.54, 1.807) is 0 Å². The third kappa shape index (κ3) is 2.40. The average molecular weight is 253 g/mol. The van der Waals surface area contributed by atoms with E-state index in [1.165, 1.54) is 11.3 Å². The van der Waals surface area contributed by atoms with Crippen molar-refractivity contribution < 1.29 is 0 Å². The average Bonchev–Trinajstić information content (AvgIpc) is 2.96. The van der Waals surface area contributed by atoms with E-state index >= 15 is 0 Å². The normalized spacial score (nSPS) is 27.8. The van der Waals surface area contributed by atoms with Crippen LogP contribution in [-0.2, 0) is 0 Å². The smallest absolute Gasteiger partial charge is 0.0473 e. The van der Waals surface area contributed by atoms with Gasteiger partial charge in [0.2, 0.25) is 0 Å². The fourth-order valence-corrected chi connectivity index (χ4v) is 3.62. The maximum Gasteiger partial charge on any atom is 0.0473 e. The van der Waals surface area contributed by atoms with Gasteiger partial charge in [0, 0.05) is 29.5 Å². The third-order valence-corrected chi connectivity index (χ3v) is 5.23. The van der Waals surface area contributed by atoms with Crippen molar-refractivity contribution in [3.05, 3.63) is 22.4 Å². The number of hydrogen-bond donors (Lipinski definition) is 1. The zero-order valence-corrected chi connectivity index (χ0v) is 11.8. The van der Waals surface area contributed by atoms with Crippen LogP contribution >= 0.6 is 11.3 Å². The lowest BCUT2D eigenvalue weighted by molar-refractivity contribution is 0.0937. The van der Waals surface area contributed by atoms with Crippen LogP contribution in [0.25, 0.3) is 0 Å². The van der Waals surface area contributed by atoms with Gasteiger partial charge in [-0.1, -0.05) is 6.07 Å². The van der Waals surface area contributed by atoms with Crippen molar-refractivity contribution in [2.24, 2.45) is 5.73 Å². The molecule has 0 bridgehead atoms. The molecular formula is C13H23N3S. The predicted octanol–water partition coefficient (Wildman–Crippen LogP) is 1.77. The van der Waals surface area contributed by atoms with Crippen molar-refractivity contribution in [2.75, 3.05) is 33.7 Å². The summed E-state index contributed by atoms with van der Waals surface area (Å²) in [4.78, 5) is 6.28. The van der Waals surface area contributed by atoms with E-state index < -0.39 is 0 Å². The van der Waals surface area contributed by atoms with E-state index in [2.05, 4.69) is 48.3 Å². The van der Waals surface area contributed by atoms with E-state index in [9.17, 15) is 0 Å². The van der Waals surface area contributed by atoms with Gasteiger partial charge in [0.05, 0.1) is 0 Å². The summed E-state index contributed by atoms with van der Waals surface area (Å²) in [5, 5.41) is 2.15. The highest BCUT2D eigenvalue weighted by Crippen LogP contribution is 2.33. The molecule has 1 aromatic heterocycles. The first-order valence-electron chi connectivity index (χ1n) is 6.24. The molecule has 17 heavy (non-hydrogen) atoms. The number of likely N-dealkylation sites (N-methyl/N-ethyl adjacent to an activating group) is 2. The van der Waals surface area contributed by atoms with Crippen molar-refractivity contribution >= 4 is 11.3 Å². The molecule has 0 spiro atoms. The van der Waals surface area contributed by atoms with Crippen molar-refractivity contribution in [2.45, 2.75) is 24.9 Å². The lowest BCUT2D eigenvalue weighted by Gasteiger charge is -2.41. The molecule has 0 saturated carbocycles. The summed E-state index contributed by atoms with van der Waals surface area (Å²) in [5.74, 6) is 0. The van der Waals surface area contributed by atoms with E-state index in [0.717, 1.165) is 19.6 Å². The van der Waals surface area contributed by atoms with E-state index in [4.69, 9.17) is 5.73 Å². The quantitative estimate of drug-likeness (QED) is 0.888. The number of nitrogens with two attached hydrogens (primary N) is 1. The minimum atomic E-state index is 0.151. The highest BCUT2D eigenvalue weighted by molar-refractivity contribution is 7.10. The Morgan fingerprint density at radius 3 is 2.88 bits per heavy atom. The van der Waals surface area contributed by atoms with Crippen LogP contribution in [0, 0.1) is 0 Å². The van der Waals surface area contributed by atoms with E-state index in [1.807, 2.05) is 11.3 Å². The lowest BCUT2D eigenvalue weighted by atomic mass is 9.94. The van der Waals surface area contributed by atoms with Crippen LogP contribution in [0.4, 0.5) is 0 Å². The first kappa shape index (κ1) is 13.0. The maximum atomic E-state index is 6.06. The summed E-state index contributed by atoms with van der Waals surface area (Å²) in [6, 6.07) is 4.79. The molecule has 2 unspecified atom stereocenters. The molecule has 1 saturated heterocycles. The van der Waals surface area contributed by atoms with Crippen LogP contribution in [0.1, 0.15) is 24.3 Å². The molecule has 1 fully saturated rings. The highest BCUT2D eigenvalue weighted by atomic mass is 32.1. The molecule has 4 heteroatoms. The summed E-state index contributed by atoms with van der Waals surface area (Å²) in [6.45, 7) is 5.25. The van der Waals surface area contributed by atoms with Crippen LogP contribution in [0.3, 0.4) is 0 Å². The fraction of sp³-hybridized carbons (Fsp3) is 0.692. The molecule has 1 aliphatic rings. The predicted molar refractivity (Wildman–Crippen MR) is 74.4 cm³/mol. The summed E-state index contributed by atoms with van der Waals surface area (Å²) in [7, 11) is 4.40. The minimum Gasteiger partial charge on any atom is -0.329 e. The van der Waals surface area contributed by atoms with Crippen molar-refractivity contribution in [1.82, 2.24) is 9.80 Å². The summed E-state index contributed by atoms with van der Waals surface area (Å²) in [6.07, 6.45) is 1.17. The van der Waals surface area contributed by atoms with Gasteiger partial charge in [0.1, 0.15) is 0 Å². The van der Waals surface area contributed by atoms with Gasteiger partial charge in [0.15, 0.2) is 0 Å². The Balaban J connectivity index is 2.15. The standard InChI is InChI=1S/C13H23N3S/c1-11(12-5-4-8-17-12)16(3)13(9-14)6-7-15(2)10-13/h4-5,8,11H,6-7,9-10,14H2,1-3H3. The highest BCUT2D eigenvalue weighted by Gasteiger charge is 2.41. The maximum absolute atomic E-state index is 6.06. The Labute approximate surface area is 108 Å². The van der Waals surface area contributed by atoms with Gasteiger partial charge in [-0.25, -0.2) is 0 Å². The van der Waals surface area contributed by atoms with Gasteiger partial charge in [-0.15, -0.1) is 11.3 Å². The SMILES string of the molecule is CC(c1cccs1)N(C)C1(CN)CCN(C)C1. The van der Waals surface area contributed by atoms with Gasteiger partial charge in [-0.05, 0) is 45.4 Å². The molecule has 0 radical (unpaired) electrons. The fourth-order valence-electron chi connectivity index (χ4n) is 2.79. The Morgan fingerprint density at radius 2 is 2.41 bits per heavy atom. The van der Waals surface area contributed by atoms with E-state index in [0.29, 0.717) is 6.04 Å². The molecule has 0 aliphatic carbocycles. The van der Waals surface area contributed by atoms with Crippen LogP contribution in [0.15, 0.2) is 17.5 Å². The summed E-state index contributed by atoms with van der Waals surface area (Å²) in [5.41, 5.74) is 6.21. The van der Waals surface area contributed by atoms with Gasteiger partial charge < -0.3 is 10.6 Å². The Morgan fingerprint density at radius 1 is 1.65 bits per heavy atom. The van der Waals surface area contributed by atoms with Crippen molar-refractivity contribution in [3.8, 4) is 0 Å². The largest absolute Gasteiger partial charge is 0.329 e.